The number of benzene rings is 1. The minimum absolute atomic E-state index is 0.0415. The highest BCUT2D eigenvalue weighted by molar-refractivity contribution is 5.93. The zero-order chi connectivity index (χ0) is 19.2. The molecule has 8 heteroatoms. The fourth-order valence-electron chi connectivity index (χ4n) is 3.09. The van der Waals surface area contributed by atoms with Crippen molar-refractivity contribution >= 4 is 17.5 Å². The number of hydrogen-bond donors (Lipinski definition) is 2. The van der Waals surface area contributed by atoms with Gasteiger partial charge in [-0.15, -0.1) is 0 Å². The SMILES string of the molecule is CCCNC(=O)c1cnc(N2CCN(c3ccccc3OC)CC2)[nH]c1=O. The second kappa shape index (κ2) is 8.57. The van der Waals surface area contributed by atoms with Crippen molar-refractivity contribution in [1.82, 2.24) is 15.3 Å². The fraction of sp³-hybridized carbons (Fsp3) is 0.421. The van der Waals surface area contributed by atoms with Crippen LogP contribution in [0.4, 0.5) is 11.6 Å². The van der Waals surface area contributed by atoms with Crippen molar-refractivity contribution in [2.45, 2.75) is 13.3 Å². The van der Waals surface area contributed by atoms with Crippen LogP contribution in [-0.2, 0) is 0 Å². The Labute approximate surface area is 158 Å². The molecule has 0 spiro atoms. The molecule has 1 aliphatic heterocycles. The maximum Gasteiger partial charge on any atom is 0.265 e. The minimum atomic E-state index is -0.416. The van der Waals surface area contributed by atoms with Gasteiger partial charge in [0, 0.05) is 38.9 Å². The van der Waals surface area contributed by atoms with Crippen molar-refractivity contribution in [2.24, 2.45) is 0 Å². The van der Waals surface area contributed by atoms with Crippen LogP contribution in [0.1, 0.15) is 23.7 Å². The van der Waals surface area contributed by atoms with Gasteiger partial charge in [0.2, 0.25) is 5.95 Å². The van der Waals surface area contributed by atoms with Gasteiger partial charge in [-0.2, -0.15) is 0 Å². The molecule has 1 fully saturated rings. The first-order valence-electron chi connectivity index (χ1n) is 9.14. The van der Waals surface area contributed by atoms with E-state index in [1.54, 1.807) is 7.11 Å². The monoisotopic (exact) mass is 371 g/mol. The van der Waals surface area contributed by atoms with Crippen LogP contribution in [-0.4, -0.2) is 55.7 Å². The van der Waals surface area contributed by atoms with E-state index in [1.165, 1.54) is 6.20 Å². The summed E-state index contributed by atoms with van der Waals surface area (Å²) in [4.78, 5) is 35.5. The van der Waals surface area contributed by atoms with Crippen molar-refractivity contribution in [3.05, 3.63) is 46.4 Å². The fourth-order valence-corrected chi connectivity index (χ4v) is 3.09. The Morgan fingerprint density at radius 3 is 2.59 bits per heavy atom. The molecule has 1 aromatic carbocycles. The lowest BCUT2D eigenvalue weighted by molar-refractivity contribution is 0.0951. The summed E-state index contributed by atoms with van der Waals surface area (Å²) in [5.74, 6) is 0.949. The summed E-state index contributed by atoms with van der Waals surface area (Å²) in [6.45, 7) is 5.47. The normalized spacial score (nSPS) is 14.1. The van der Waals surface area contributed by atoms with Crippen LogP contribution in [0.5, 0.6) is 5.75 Å². The molecular formula is C19H25N5O3. The van der Waals surface area contributed by atoms with Gasteiger partial charge in [-0.25, -0.2) is 4.98 Å². The predicted molar refractivity (Wildman–Crippen MR) is 105 cm³/mol. The molecule has 1 aromatic heterocycles. The number of hydrogen-bond acceptors (Lipinski definition) is 6. The summed E-state index contributed by atoms with van der Waals surface area (Å²) in [7, 11) is 1.67. The lowest BCUT2D eigenvalue weighted by atomic mass is 10.2. The number of anilines is 2. The number of ether oxygens (including phenoxy) is 1. The van der Waals surface area contributed by atoms with Crippen molar-refractivity contribution in [3.8, 4) is 5.75 Å². The zero-order valence-electron chi connectivity index (χ0n) is 15.7. The van der Waals surface area contributed by atoms with Gasteiger partial charge in [-0.3, -0.25) is 14.6 Å². The number of amides is 1. The molecule has 8 nitrogen and oxygen atoms in total. The number of aromatic nitrogens is 2. The minimum Gasteiger partial charge on any atom is -0.495 e. The average molecular weight is 371 g/mol. The Bertz CT molecular complexity index is 843. The molecule has 2 aromatic rings. The number of nitrogens with one attached hydrogen (secondary N) is 2. The summed E-state index contributed by atoms with van der Waals surface area (Å²) < 4.78 is 5.44. The Morgan fingerprint density at radius 1 is 1.22 bits per heavy atom. The Balaban J connectivity index is 1.67. The average Bonchev–Trinajstić information content (AvgIpc) is 2.72. The molecule has 0 saturated carbocycles. The molecule has 0 radical (unpaired) electrons. The number of para-hydroxylation sites is 2. The van der Waals surface area contributed by atoms with E-state index in [0.717, 1.165) is 30.9 Å². The molecule has 3 rings (SSSR count). The Hall–Kier alpha value is -3.03. The van der Waals surface area contributed by atoms with Crippen molar-refractivity contribution in [3.63, 3.8) is 0 Å². The number of aromatic amines is 1. The summed E-state index contributed by atoms with van der Waals surface area (Å²) in [6, 6.07) is 7.93. The van der Waals surface area contributed by atoms with Crippen molar-refractivity contribution < 1.29 is 9.53 Å². The molecule has 27 heavy (non-hydrogen) atoms. The molecule has 0 atom stereocenters. The second-order valence-corrected chi connectivity index (χ2v) is 6.35. The van der Waals surface area contributed by atoms with Crippen LogP contribution in [0.2, 0.25) is 0 Å². The molecule has 0 unspecified atom stereocenters. The van der Waals surface area contributed by atoms with Gasteiger partial charge in [-0.05, 0) is 18.6 Å². The van der Waals surface area contributed by atoms with Crippen LogP contribution in [0.3, 0.4) is 0 Å². The van der Waals surface area contributed by atoms with E-state index in [9.17, 15) is 9.59 Å². The Kier molecular flexibility index (Phi) is 5.95. The summed E-state index contributed by atoms with van der Waals surface area (Å²) in [6.07, 6.45) is 2.16. The molecule has 1 saturated heterocycles. The molecule has 0 bridgehead atoms. The van der Waals surface area contributed by atoms with Gasteiger partial charge >= 0.3 is 0 Å². The summed E-state index contributed by atoms with van der Waals surface area (Å²) in [5, 5.41) is 2.69. The first kappa shape index (κ1) is 18.8. The van der Waals surface area contributed by atoms with Gasteiger partial charge in [0.05, 0.1) is 12.8 Å². The number of methoxy groups -OCH3 is 1. The van der Waals surface area contributed by atoms with Crippen molar-refractivity contribution in [2.75, 3.05) is 49.6 Å². The number of piperazine rings is 1. The highest BCUT2D eigenvalue weighted by Gasteiger charge is 2.22. The molecule has 2 heterocycles. The highest BCUT2D eigenvalue weighted by Crippen LogP contribution is 2.28. The number of nitrogens with zero attached hydrogens (tertiary/aromatic N) is 3. The predicted octanol–water partition coefficient (Wildman–Crippen LogP) is 1.24. The Morgan fingerprint density at radius 2 is 1.93 bits per heavy atom. The zero-order valence-corrected chi connectivity index (χ0v) is 15.7. The van der Waals surface area contributed by atoms with Crippen LogP contribution < -0.4 is 25.4 Å². The molecule has 0 aliphatic carbocycles. The van der Waals surface area contributed by atoms with Gasteiger partial charge in [0.15, 0.2) is 0 Å². The maximum absolute atomic E-state index is 12.2. The number of rotatable bonds is 6. The molecule has 1 amide bonds. The molecule has 144 valence electrons. The topological polar surface area (TPSA) is 90.6 Å². The number of carbonyl (C=O) groups excluding carboxylic acids is 1. The molecule has 2 N–H and O–H groups in total. The second-order valence-electron chi connectivity index (χ2n) is 6.35. The smallest absolute Gasteiger partial charge is 0.265 e. The number of carbonyl (C=O) groups is 1. The first-order chi connectivity index (χ1) is 13.1. The van der Waals surface area contributed by atoms with E-state index in [1.807, 2.05) is 36.1 Å². The van der Waals surface area contributed by atoms with E-state index in [4.69, 9.17) is 4.74 Å². The van der Waals surface area contributed by atoms with Crippen LogP contribution in [0.15, 0.2) is 35.3 Å². The van der Waals surface area contributed by atoms with Gasteiger partial charge < -0.3 is 19.9 Å². The van der Waals surface area contributed by atoms with E-state index in [2.05, 4.69) is 20.2 Å². The van der Waals surface area contributed by atoms with Gasteiger partial charge in [0.25, 0.3) is 11.5 Å². The standard InChI is InChI=1S/C19H25N5O3/c1-3-8-20-17(25)14-13-21-19(22-18(14)26)24-11-9-23(10-12-24)15-6-4-5-7-16(15)27-2/h4-7,13H,3,8-12H2,1-2H3,(H,20,25)(H,21,22,26). The lowest BCUT2D eigenvalue weighted by Gasteiger charge is -2.36. The van der Waals surface area contributed by atoms with E-state index in [-0.39, 0.29) is 5.56 Å². The highest BCUT2D eigenvalue weighted by atomic mass is 16.5. The van der Waals surface area contributed by atoms with Gasteiger partial charge in [-0.1, -0.05) is 19.1 Å². The molecule has 1 aliphatic rings. The first-order valence-corrected chi connectivity index (χ1v) is 9.14. The third kappa shape index (κ3) is 4.21. The van der Waals surface area contributed by atoms with Crippen LogP contribution in [0, 0.1) is 0 Å². The molecular weight excluding hydrogens is 346 g/mol. The maximum atomic E-state index is 12.2. The largest absolute Gasteiger partial charge is 0.495 e. The van der Waals surface area contributed by atoms with E-state index in [0.29, 0.717) is 25.6 Å². The van der Waals surface area contributed by atoms with Crippen LogP contribution in [0.25, 0.3) is 0 Å². The van der Waals surface area contributed by atoms with Crippen LogP contribution >= 0.6 is 0 Å². The summed E-state index contributed by atoms with van der Waals surface area (Å²) in [5.41, 5.74) is 0.685. The van der Waals surface area contributed by atoms with Gasteiger partial charge in [0.1, 0.15) is 11.3 Å². The summed E-state index contributed by atoms with van der Waals surface area (Å²) >= 11 is 0. The van der Waals surface area contributed by atoms with Crippen molar-refractivity contribution in [1.29, 1.82) is 0 Å². The van der Waals surface area contributed by atoms with E-state index < -0.39 is 11.5 Å². The third-order valence-electron chi connectivity index (χ3n) is 4.57. The number of H-pyrrole nitrogens is 1. The third-order valence-corrected chi connectivity index (χ3v) is 4.57. The lowest BCUT2D eigenvalue weighted by Crippen LogP contribution is -2.47. The quantitative estimate of drug-likeness (QED) is 0.794. The van der Waals surface area contributed by atoms with E-state index >= 15 is 0 Å².